The van der Waals surface area contributed by atoms with E-state index in [1.54, 1.807) is 0 Å². The maximum Gasteiger partial charge on any atom is 0.0884 e. The van der Waals surface area contributed by atoms with Gasteiger partial charge in [0.1, 0.15) is 0 Å². The number of hydrogen-bond acceptors (Lipinski definition) is 0. The summed E-state index contributed by atoms with van der Waals surface area (Å²) < 4.78 is 1.16. The lowest BCUT2D eigenvalue weighted by Gasteiger charge is -2.34. The normalized spacial score (nSPS) is 12.6. The highest BCUT2D eigenvalue weighted by atomic mass is 35.5. The van der Waals surface area contributed by atoms with E-state index in [0.717, 1.165) is 10.5 Å². The first-order valence-electron chi connectivity index (χ1n) is 16.3. The van der Waals surface area contributed by atoms with Crippen molar-refractivity contribution < 1.29 is 16.9 Å². The second-order valence-corrected chi connectivity index (χ2v) is 12.5. The van der Waals surface area contributed by atoms with Gasteiger partial charge in [0.25, 0.3) is 0 Å². The van der Waals surface area contributed by atoms with Gasteiger partial charge in [-0.15, -0.1) is 0 Å². The summed E-state index contributed by atoms with van der Waals surface area (Å²) >= 11 is 0. The molecule has 0 saturated carbocycles. The fourth-order valence-corrected chi connectivity index (χ4v) is 5.54. The maximum absolute atomic E-state index is 2.42. The molecule has 0 radical (unpaired) electrons. The van der Waals surface area contributed by atoms with E-state index in [1.807, 2.05) is 0 Å². The Hall–Kier alpha value is 0.250. The van der Waals surface area contributed by atoms with Crippen molar-refractivity contribution in [3.05, 3.63) is 0 Å². The number of halogens is 1. The molecule has 0 fully saturated rings. The van der Waals surface area contributed by atoms with Gasteiger partial charge in [-0.1, -0.05) is 162 Å². The number of hydrogen-bond donors (Lipinski definition) is 0. The van der Waals surface area contributed by atoms with Crippen LogP contribution < -0.4 is 12.4 Å². The molecule has 0 aliphatic heterocycles. The van der Waals surface area contributed by atoms with Gasteiger partial charge >= 0.3 is 0 Å². The summed E-state index contributed by atoms with van der Waals surface area (Å²) in [6, 6.07) is 0.871. The van der Waals surface area contributed by atoms with Crippen LogP contribution in [0.2, 0.25) is 0 Å². The Morgan fingerprint density at radius 3 is 0.743 bits per heavy atom. The lowest BCUT2D eigenvalue weighted by atomic mass is 9.97. The first-order chi connectivity index (χ1) is 16.5. The largest absolute Gasteiger partial charge is 1.00 e. The van der Waals surface area contributed by atoms with Crippen LogP contribution in [0.3, 0.4) is 0 Å². The first kappa shape index (κ1) is 37.4. The number of quaternary nitrogens is 1. The van der Waals surface area contributed by atoms with Crippen LogP contribution in [-0.4, -0.2) is 31.7 Å². The van der Waals surface area contributed by atoms with E-state index in [1.165, 1.54) is 173 Å². The lowest BCUT2D eigenvalue weighted by molar-refractivity contribution is -0.896. The van der Waals surface area contributed by atoms with Crippen molar-refractivity contribution in [2.75, 3.05) is 21.1 Å². The second kappa shape index (κ2) is 28.8. The third-order valence-corrected chi connectivity index (χ3v) is 8.13. The Bertz CT molecular complexity index is 376. The van der Waals surface area contributed by atoms with Crippen molar-refractivity contribution in [1.29, 1.82) is 0 Å². The molecule has 0 aromatic carbocycles. The summed E-state index contributed by atoms with van der Waals surface area (Å²) in [7, 11) is 7.27. The molecule has 0 amide bonds. The highest BCUT2D eigenvalue weighted by Crippen LogP contribution is 2.21. The number of unbranched alkanes of at least 4 members (excludes halogenated alkanes) is 23. The summed E-state index contributed by atoms with van der Waals surface area (Å²) in [6.07, 6.45) is 39.4. The lowest BCUT2D eigenvalue weighted by Crippen LogP contribution is -3.00. The molecule has 35 heavy (non-hydrogen) atoms. The Morgan fingerprint density at radius 2 is 0.543 bits per heavy atom. The van der Waals surface area contributed by atoms with E-state index < -0.39 is 0 Å². The van der Waals surface area contributed by atoms with Crippen LogP contribution in [0.25, 0.3) is 0 Å². The molecule has 0 N–H and O–H groups in total. The van der Waals surface area contributed by atoms with Crippen LogP contribution in [0.15, 0.2) is 0 Å². The van der Waals surface area contributed by atoms with Crippen LogP contribution in [0.1, 0.15) is 187 Å². The van der Waals surface area contributed by atoms with Gasteiger partial charge in [0, 0.05) is 0 Å². The van der Waals surface area contributed by atoms with Gasteiger partial charge in [-0.2, -0.15) is 0 Å². The molecule has 0 rings (SSSR count). The van der Waals surface area contributed by atoms with Gasteiger partial charge in [-0.25, -0.2) is 0 Å². The summed E-state index contributed by atoms with van der Waals surface area (Å²) in [5.41, 5.74) is 0. The van der Waals surface area contributed by atoms with Gasteiger partial charge < -0.3 is 16.9 Å². The van der Waals surface area contributed by atoms with Crippen LogP contribution in [0.5, 0.6) is 0 Å². The molecule has 0 saturated heterocycles. The third kappa shape index (κ3) is 28.7. The fraction of sp³-hybridized carbons (Fsp3) is 1.00. The molecule has 0 heterocycles. The highest BCUT2D eigenvalue weighted by molar-refractivity contribution is 4.60. The molecule has 0 aliphatic carbocycles. The first-order valence-corrected chi connectivity index (χ1v) is 16.3. The summed E-state index contributed by atoms with van der Waals surface area (Å²) in [5.74, 6) is 0. The van der Waals surface area contributed by atoms with Crippen LogP contribution in [0.4, 0.5) is 0 Å². The van der Waals surface area contributed by atoms with Crippen molar-refractivity contribution in [1.82, 2.24) is 0 Å². The zero-order valence-electron chi connectivity index (χ0n) is 25.5. The minimum Gasteiger partial charge on any atom is -1.00 e. The van der Waals surface area contributed by atoms with Crippen molar-refractivity contribution in [2.24, 2.45) is 0 Å². The smallest absolute Gasteiger partial charge is 0.0884 e. The summed E-state index contributed by atoms with van der Waals surface area (Å²) in [6.45, 7) is 4.62. The van der Waals surface area contributed by atoms with Crippen molar-refractivity contribution >= 4 is 0 Å². The van der Waals surface area contributed by atoms with Crippen LogP contribution in [0, 0.1) is 0 Å². The monoisotopic (exact) mass is 516 g/mol. The summed E-state index contributed by atoms with van der Waals surface area (Å²) in [5, 5.41) is 0. The fourth-order valence-electron chi connectivity index (χ4n) is 5.54. The molecule has 2 heteroatoms. The average Bonchev–Trinajstić information content (AvgIpc) is 2.80. The quantitative estimate of drug-likeness (QED) is 0.0722. The standard InChI is InChI=1S/C33H70N.ClH/c1-6-8-10-12-14-16-18-19-20-21-22-24-26-28-30-32-33(34(3,4)5)31-29-27-25-23-17-15-13-11-9-7-2;/h33H,6-32H2,1-5H3;1H/q+1;/p-1. The highest BCUT2D eigenvalue weighted by Gasteiger charge is 2.22. The van der Waals surface area contributed by atoms with Gasteiger partial charge in [-0.3, -0.25) is 0 Å². The Labute approximate surface area is 231 Å². The predicted molar refractivity (Wildman–Crippen MR) is 158 cm³/mol. The van der Waals surface area contributed by atoms with E-state index in [2.05, 4.69) is 35.0 Å². The molecule has 1 unspecified atom stereocenters. The molecule has 1 nitrogen and oxygen atoms in total. The van der Waals surface area contributed by atoms with Crippen LogP contribution in [-0.2, 0) is 0 Å². The molecule has 0 spiro atoms. The molecular formula is C33H70ClN. The zero-order valence-corrected chi connectivity index (χ0v) is 26.3. The maximum atomic E-state index is 2.42. The van der Waals surface area contributed by atoms with E-state index in [4.69, 9.17) is 0 Å². The van der Waals surface area contributed by atoms with Crippen molar-refractivity contribution in [2.45, 2.75) is 193 Å². The number of rotatable bonds is 28. The van der Waals surface area contributed by atoms with E-state index in [9.17, 15) is 0 Å². The predicted octanol–water partition coefficient (Wildman–Crippen LogP) is 8.64. The van der Waals surface area contributed by atoms with Gasteiger partial charge in [0.15, 0.2) is 0 Å². The molecule has 0 aromatic rings. The average molecular weight is 516 g/mol. The number of nitrogens with zero attached hydrogens (tertiary/aromatic N) is 1. The molecule has 0 aromatic heterocycles. The van der Waals surface area contributed by atoms with E-state index in [0.29, 0.717) is 0 Å². The second-order valence-electron chi connectivity index (χ2n) is 12.5. The zero-order chi connectivity index (χ0) is 25.2. The van der Waals surface area contributed by atoms with E-state index in [-0.39, 0.29) is 12.4 Å². The third-order valence-electron chi connectivity index (χ3n) is 8.13. The molecule has 214 valence electrons. The molecule has 0 bridgehead atoms. The Balaban J connectivity index is 0. The minimum atomic E-state index is 0. The van der Waals surface area contributed by atoms with Gasteiger partial charge in [-0.05, 0) is 25.7 Å². The SMILES string of the molecule is CCCCCCCCCCCCCCCCCC(CCCCCCCCCCCC)[N+](C)(C)C.[Cl-]. The Kier molecular flexibility index (Phi) is 30.8. The minimum absolute atomic E-state index is 0. The van der Waals surface area contributed by atoms with Gasteiger partial charge in [0.05, 0.1) is 27.2 Å². The topological polar surface area (TPSA) is 0 Å². The van der Waals surface area contributed by atoms with E-state index >= 15 is 0 Å². The van der Waals surface area contributed by atoms with Crippen molar-refractivity contribution in [3.8, 4) is 0 Å². The van der Waals surface area contributed by atoms with Gasteiger partial charge in [0.2, 0.25) is 0 Å². The van der Waals surface area contributed by atoms with Crippen LogP contribution >= 0.6 is 0 Å². The summed E-state index contributed by atoms with van der Waals surface area (Å²) in [4.78, 5) is 0. The van der Waals surface area contributed by atoms with Crippen molar-refractivity contribution in [3.63, 3.8) is 0 Å². The molecular weight excluding hydrogens is 446 g/mol. The Morgan fingerprint density at radius 1 is 0.343 bits per heavy atom. The molecule has 0 aliphatic rings. The molecule has 1 atom stereocenters.